The van der Waals surface area contributed by atoms with Crippen LogP contribution in [-0.4, -0.2) is 6.54 Å². The quantitative estimate of drug-likeness (QED) is 0.791. The van der Waals surface area contributed by atoms with Gasteiger partial charge in [-0.2, -0.15) is 0 Å². The van der Waals surface area contributed by atoms with Crippen molar-refractivity contribution in [2.45, 2.75) is 48.0 Å². The zero-order valence-corrected chi connectivity index (χ0v) is 11.6. The molecule has 1 aromatic rings. The third kappa shape index (κ3) is 3.88. The molecule has 1 N–H and O–H groups in total. The first-order chi connectivity index (χ1) is 7.29. The lowest BCUT2D eigenvalue weighted by Crippen LogP contribution is -2.14. The molecule has 1 aromatic carbocycles. The van der Waals surface area contributed by atoms with E-state index in [1.54, 1.807) is 0 Å². The molecule has 0 spiro atoms. The van der Waals surface area contributed by atoms with Gasteiger partial charge in [-0.1, -0.05) is 38.5 Å². The van der Waals surface area contributed by atoms with Crippen LogP contribution in [0, 0.1) is 26.2 Å². The van der Waals surface area contributed by atoms with Crippen LogP contribution in [0.25, 0.3) is 0 Å². The highest BCUT2D eigenvalue weighted by molar-refractivity contribution is 5.58. The molecule has 1 heteroatoms. The van der Waals surface area contributed by atoms with E-state index in [9.17, 15) is 0 Å². The summed E-state index contributed by atoms with van der Waals surface area (Å²) in [6, 6.07) is 4.48. The smallest absolute Gasteiger partial charge is 0.0399 e. The Hall–Kier alpha value is -0.980. The predicted octanol–water partition coefficient (Wildman–Crippen LogP) is 4.46. The zero-order valence-electron chi connectivity index (χ0n) is 11.6. The lowest BCUT2D eigenvalue weighted by molar-refractivity contribution is 0.389. The van der Waals surface area contributed by atoms with E-state index in [-0.39, 0.29) is 0 Å². The first-order valence-corrected chi connectivity index (χ1v) is 6.11. The van der Waals surface area contributed by atoms with Crippen molar-refractivity contribution in [2.75, 3.05) is 11.9 Å². The van der Waals surface area contributed by atoms with Crippen LogP contribution in [0.1, 0.15) is 43.9 Å². The molecule has 0 heterocycles. The molecule has 0 aliphatic carbocycles. The van der Waals surface area contributed by atoms with Gasteiger partial charge in [-0.15, -0.1) is 0 Å². The molecule has 0 aliphatic rings. The molecule has 0 amide bonds. The number of hydrogen-bond donors (Lipinski definition) is 1. The molecule has 0 radical (unpaired) electrons. The third-order valence-electron chi connectivity index (χ3n) is 2.85. The number of benzene rings is 1. The maximum atomic E-state index is 3.56. The Labute approximate surface area is 100 Å². The molecule has 0 aromatic heterocycles. The summed E-state index contributed by atoms with van der Waals surface area (Å²) in [5.41, 5.74) is 5.77. The average molecular weight is 219 g/mol. The fourth-order valence-corrected chi connectivity index (χ4v) is 2.02. The Morgan fingerprint density at radius 2 is 1.50 bits per heavy atom. The van der Waals surface area contributed by atoms with E-state index in [4.69, 9.17) is 0 Å². The zero-order chi connectivity index (χ0) is 12.3. The average Bonchev–Trinajstić information content (AvgIpc) is 2.07. The normalized spacial score (nSPS) is 11.6. The van der Waals surface area contributed by atoms with Gasteiger partial charge in [0.1, 0.15) is 0 Å². The molecule has 0 bridgehead atoms. The van der Waals surface area contributed by atoms with E-state index in [1.807, 2.05) is 0 Å². The summed E-state index contributed by atoms with van der Waals surface area (Å²) in [4.78, 5) is 0. The first-order valence-electron chi connectivity index (χ1n) is 6.11. The Balaban J connectivity index is 2.68. The Morgan fingerprint density at radius 3 is 1.94 bits per heavy atom. The van der Waals surface area contributed by atoms with Crippen LogP contribution in [0.15, 0.2) is 12.1 Å². The van der Waals surface area contributed by atoms with Crippen molar-refractivity contribution in [3.05, 3.63) is 28.8 Å². The standard InChI is InChI=1S/C15H25N/c1-11-9-12(2)14(13(3)10-11)16-8-7-15(4,5)6/h9-10,16H,7-8H2,1-6H3. The van der Waals surface area contributed by atoms with Crippen LogP contribution in [0.4, 0.5) is 5.69 Å². The Bertz CT molecular complexity index is 335. The van der Waals surface area contributed by atoms with Gasteiger partial charge in [-0.3, -0.25) is 0 Å². The fourth-order valence-electron chi connectivity index (χ4n) is 2.02. The van der Waals surface area contributed by atoms with Crippen LogP contribution in [0.2, 0.25) is 0 Å². The summed E-state index contributed by atoms with van der Waals surface area (Å²) in [6.45, 7) is 14.4. The third-order valence-corrected chi connectivity index (χ3v) is 2.85. The monoisotopic (exact) mass is 219 g/mol. The van der Waals surface area contributed by atoms with E-state index < -0.39 is 0 Å². The molecular formula is C15H25N. The maximum absolute atomic E-state index is 3.56. The van der Waals surface area contributed by atoms with Gasteiger partial charge in [-0.05, 0) is 43.7 Å². The maximum Gasteiger partial charge on any atom is 0.0399 e. The lowest BCUT2D eigenvalue weighted by atomic mass is 9.92. The van der Waals surface area contributed by atoms with Crippen LogP contribution in [-0.2, 0) is 0 Å². The summed E-state index contributed by atoms with van der Waals surface area (Å²) in [5, 5.41) is 3.56. The summed E-state index contributed by atoms with van der Waals surface area (Å²) in [6.07, 6.45) is 1.19. The summed E-state index contributed by atoms with van der Waals surface area (Å²) >= 11 is 0. The lowest BCUT2D eigenvalue weighted by Gasteiger charge is -2.20. The van der Waals surface area contributed by atoms with Crippen LogP contribution in [0.5, 0.6) is 0 Å². The van der Waals surface area contributed by atoms with Crippen molar-refractivity contribution in [2.24, 2.45) is 5.41 Å². The molecule has 0 saturated heterocycles. The van der Waals surface area contributed by atoms with E-state index in [2.05, 4.69) is 59.0 Å². The van der Waals surface area contributed by atoms with Crippen LogP contribution >= 0.6 is 0 Å². The van der Waals surface area contributed by atoms with Crippen molar-refractivity contribution in [1.29, 1.82) is 0 Å². The second-order valence-electron chi connectivity index (χ2n) is 6.01. The van der Waals surface area contributed by atoms with E-state index in [1.165, 1.54) is 28.8 Å². The Kier molecular flexibility index (Phi) is 4.01. The van der Waals surface area contributed by atoms with Crippen molar-refractivity contribution in [3.8, 4) is 0 Å². The van der Waals surface area contributed by atoms with Gasteiger partial charge in [0.05, 0.1) is 0 Å². The van der Waals surface area contributed by atoms with E-state index in [0.29, 0.717) is 5.41 Å². The molecule has 90 valence electrons. The highest BCUT2D eigenvalue weighted by Crippen LogP contribution is 2.23. The molecule has 0 saturated carbocycles. The number of hydrogen-bond acceptors (Lipinski definition) is 1. The molecule has 1 rings (SSSR count). The first kappa shape index (κ1) is 13.1. The fraction of sp³-hybridized carbons (Fsp3) is 0.600. The van der Waals surface area contributed by atoms with Gasteiger partial charge in [0.25, 0.3) is 0 Å². The van der Waals surface area contributed by atoms with Gasteiger partial charge in [0.2, 0.25) is 0 Å². The minimum Gasteiger partial charge on any atom is -0.385 e. The molecule has 0 aliphatic heterocycles. The van der Waals surface area contributed by atoms with Crippen LogP contribution in [0.3, 0.4) is 0 Å². The molecular weight excluding hydrogens is 194 g/mol. The highest BCUT2D eigenvalue weighted by Gasteiger charge is 2.10. The van der Waals surface area contributed by atoms with Crippen molar-refractivity contribution in [1.82, 2.24) is 0 Å². The van der Waals surface area contributed by atoms with E-state index >= 15 is 0 Å². The molecule has 0 atom stereocenters. The molecule has 16 heavy (non-hydrogen) atoms. The Morgan fingerprint density at radius 1 is 1.00 bits per heavy atom. The highest BCUT2D eigenvalue weighted by atomic mass is 14.9. The molecule has 0 fully saturated rings. The van der Waals surface area contributed by atoms with Gasteiger partial charge >= 0.3 is 0 Å². The second-order valence-corrected chi connectivity index (χ2v) is 6.01. The second kappa shape index (κ2) is 4.90. The molecule has 0 unspecified atom stereocenters. The topological polar surface area (TPSA) is 12.0 Å². The number of rotatable bonds is 3. The van der Waals surface area contributed by atoms with Gasteiger partial charge in [0, 0.05) is 12.2 Å². The largest absolute Gasteiger partial charge is 0.385 e. The number of aryl methyl sites for hydroxylation is 3. The van der Waals surface area contributed by atoms with E-state index in [0.717, 1.165) is 6.54 Å². The summed E-state index contributed by atoms with van der Waals surface area (Å²) in [5.74, 6) is 0. The molecule has 1 nitrogen and oxygen atoms in total. The summed E-state index contributed by atoms with van der Waals surface area (Å²) < 4.78 is 0. The van der Waals surface area contributed by atoms with Crippen molar-refractivity contribution >= 4 is 5.69 Å². The van der Waals surface area contributed by atoms with Crippen molar-refractivity contribution < 1.29 is 0 Å². The minimum atomic E-state index is 0.402. The minimum absolute atomic E-state index is 0.402. The predicted molar refractivity (Wildman–Crippen MR) is 73.2 cm³/mol. The summed E-state index contributed by atoms with van der Waals surface area (Å²) in [7, 11) is 0. The van der Waals surface area contributed by atoms with Gasteiger partial charge in [0.15, 0.2) is 0 Å². The number of nitrogens with one attached hydrogen (secondary N) is 1. The van der Waals surface area contributed by atoms with Crippen molar-refractivity contribution in [3.63, 3.8) is 0 Å². The number of anilines is 1. The SMILES string of the molecule is Cc1cc(C)c(NCCC(C)(C)C)c(C)c1. The van der Waals surface area contributed by atoms with Gasteiger partial charge < -0.3 is 5.32 Å². The van der Waals surface area contributed by atoms with Gasteiger partial charge in [-0.25, -0.2) is 0 Å². The van der Waals surface area contributed by atoms with Crippen LogP contribution < -0.4 is 5.32 Å².